The predicted molar refractivity (Wildman–Crippen MR) is 83.6 cm³/mol. The molecule has 96 valence electrons. The quantitative estimate of drug-likeness (QED) is 0.616. The fraction of sp³-hybridized carbons (Fsp3) is 0.538. The molecule has 0 aliphatic heterocycles. The summed E-state index contributed by atoms with van der Waals surface area (Å²) < 4.78 is 1.10. The summed E-state index contributed by atoms with van der Waals surface area (Å²) in [4.78, 5) is 0. The zero-order chi connectivity index (χ0) is 12.9. The summed E-state index contributed by atoms with van der Waals surface area (Å²) in [7, 11) is 0. The summed E-state index contributed by atoms with van der Waals surface area (Å²) in [6, 6.07) is 6.18. The van der Waals surface area contributed by atoms with Crippen molar-refractivity contribution < 1.29 is 0 Å². The van der Waals surface area contributed by atoms with E-state index in [0.29, 0.717) is 0 Å². The van der Waals surface area contributed by atoms with Gasteiger partial charge in [-0.15, -0.1) is 0 Å². The first-order chi connectivity index (χ1) is 7.88. The second-order valence-corrected chi connectivity index (χ2v) is 6.67. The van der Waals surface area contributed by atoms with Crippen molar-refractivity contribution in [2.24, 2.45) is 0 Å². The molecule has 0 heterocycles. The average Bonchev–Trinajstić information content (AvgIpc) is 2.21. The second-order valence-electron chi connectivity index (χ2n) is 5.10. The van der Waals surface area contributed by atoms with Crippen molar-refractivity contribution in [2.75, 3.05) is 13.1 Å². The summed E-state index contributed by atoms with van der Waals surface area (Å²) in [5.74, 6) is 0. The Bertz CT molecular complexity index is 361. The Kier molecular flexibility index (Phi) is 6.20. The molecule has 0 bridgehead atoms. The molecule has 0 aliphatic carbocycles. The second kappa shape index (κ2) is 6.92. The molecule has 0 fully saturated rings. The molecule has 0 spiro atoms. The first-order valence-electron chi connectivity index (χ1n) is 5.78. The Morgan fingerprint density at radius 2 is 1.94 bits per heavy atom. The smallest absolute Gasteiger partial charge is 0.0542 e. The molecule has 0 aliphatic rings. The van der Waals surface area contributed by atoms with Gasteiger partial charge in [-0.05, 0) is 61.1 Å². The minimum atomic E-state index is 0.188. The Balaban J connectivity index is 2.25. The maximum Gasteiger partial charge on any atom is 0.0542 e. The minimum Gasteiger partial charge on any atom is -0.311 e. The van der Waals surface area contributed by atoms with Crippen LogP contribution in [0.15, 0.2) is 18.2 Å². The van der Waals surface area contributed by atoms with Crippen molar-refractivity contribution >= 4 is 34.2 Å². The third-order valence-electron chi connectivity index (χ3n) is 2.27. The maximum absolute atomic E-state index is 6.07. The van der Waals surface area contributed by atoms with E-state index in [2.05, 4.69) is 60.1 Å². The van der Waals surface area contributed by atoms with Crippen molar-refractivity contribution in [1.29, 1.82) is 0 Å². The summed E-state index contributed by atoms with van der Waals surface area (Å²) in [5.41, 5.74) is 1.42. The van der Waals surface area contributed by atoms with Gasteiger partial charge in [0.1, 0.15) is 0 Å². The molecule has 0 radical (unpaired) electrons. The van der Waals surface area contributed by atoms with E-state index in [1.165, 1.54) is 5.56 Å². The van der Waals surface area contributed by atoms with Crippen LogP contribution in [0.4, 0.5) is 0 Å². The standard InChI is InChI=1S/C13H20ClIN2/c1-13(2,3)17-7-6-16-9-10-4-5-12(15)11(14)8-10/h4-5,8,16-17H,6-7,9H2,1-3H3. The van der Waals surface area contributed by atoms with Crippen LogP contribution in [0.5, 0.6) is 0 Å². The van der Waals surface area contributed by atoms with Crippen LogP contribution in [0, 0.1) is 3.57 Å². The van der Waals surface area contributed by atoms with Gasteiger partial charge in [-0.1, -0.05) is 17.7 Å². The van der Waals surface area contributed by atoms with Crippen LogP contribution in [0.25, 0.3) is 0 Å². The van der Waals surface area contributed by atoms with Gasteiger partial charge in [0.2, 0.25) is 0 Å². The maximum atomic E-state index is 6.07. The van der Waals surface area contributed by atoms with Crippen LogP contribution in [-0.4, -0.2) is 18.6 Å². The van der Waals surface area contributed by atoms with Crippen LogP contribution in [-0.2, 0) is 6.54 Å². The fourth-order valence-corrected chi connectivity index (χ4v) is 1.95. The third-order valence-corrected chi connectivity index (χ3v) is 3.84. The van der Waals surface area contributed by atoms with Crippen LogP contribution in [0.3, 0.4) is 0 Å². The van der Waals surface area contributed by atoms with Crippen LogP contribution in [0.1, 0.15) is 26.3 Å². The lowest BCUT2D eigenvalue weighted by atomic mass is 10.1. The molecule has 1 aromatic rings. The topological polar surface area (TPSA) is 24.1 Å². The van der Waals surface area contributed by atoms with Crippen molar-refractivity contribution in [3.8, 4) is 0 Å². The lowest BCUT2D eigenvalue weighted by Gasteiger charge is -2.20. The number of halogens is 2. The molecule has 4 heteroatoms. The molecule has 0 atom stereocenters. The zero-order valence-corrected chi connectivity index (χ0v) is 13.5. The predicted octanol–water partition coefficient (Wildman–Crippen LogP) is 3.42. The Labute approximate surface area is 123 Å². The van der Waals surface area contributed by atoms with Gasteiger partial charge >= 0.3 is 0 Å². The highest BCUT2D eigenvalue weighted by molar-refractivity contribution is 14.1. The van der Waals surface area contributed by atoms with Crippen LogP contribution >= 0.6 is 34.2 Å². The Morgan fingerprint density at radius 3 is 2.53 bits per heavy atom. The lowest BCUT2D eigenvalue weighted by Crippen LogP contribution is -2.40. The van der Waals surface area contributed by atoms with E-state index in [1.807, 2.05) is 12.1 Å². The SMILES string of the molecule is CC(C)(C)NCCNCc1ccc(I)c(Cl)c1. The molecule has 2 nitrogen and oxygen atoms in total. The summed E-state index contributed by atoms with van der Waals surface area (Å²) in [6.45, 7) is 9.31. The molecule has 17 heavy (non-hydrogen) atoms. The number of hydrogen-bond donors (Lipinski definition) is 2. The van der Waals surface area contributed by atoms with E-state index in [9.17, 15) is 0 Å². The molecule has 0 unspecified atom stereocenters. The molecule has 1 aromatic carbocycles. The molecular weight excluding hydrogens is 347 g/mol. The molecule has 0 aromatic heterocycles. The van der Waals surface area contributed by atoms with Crippen LogP contribution < -0.4 is 10.6 Å². The zero-order valence-electron chi connectivity index (χ0n) is 10.6. The monoisotopic (exact) mass is 366 g/mol. The number of hydrogen-bond acceptors (Lipinski definition) is 2. The highest BCUT2D eigenvalue weighted by atomic mass is 127. The Morgan fingerprint density at radius 1 is 1.24 bits per heavy atom. The van der Waals surface area contributed by atoms with E-state index in [-0.39, 0.29) is 5.54 Å². The number of rotatable bonds is 5. The molecule has 1 rings (SSSR count). The molecular formula is C13H20ClIN2. The van der Waals surface area contributed by atoms with E-state index < -0.39 is 0 Å². The highest BCUT2D eigenvalue weighted by Crippen LogP contribution is 2.19. The third kappa shape index (κ3) is 6.60. The van der Waals surface area contributed by atoms with Crippen molar-refractivity contribution in [1.82, 2.24) is 10.6 Å². The summed E-state index contributed by atoms with van der Waals surface area (Å²) >= 11 is 8.30. The van der Waals surface area contributed by atoms with Crippen LogP contribution in [0.2, 0.25) is 5.02 Å². The first-order valence-corrected chi connectivity index (χ1v) is 7.24. The van der Waals surface area contributed by atoms with E-state index in [1.54, 1.807) is 0 Å². The van der Waals surface area contributed by atoms with Crippen molar-refractivity contribution in [3.05, 3.63) is 32.4 Å². The summed E-state index contributed by atoms with van der Waals surface area (Å²) in [6.07, 6.45) is 0. The van der Waals surface area contributed by atoms with E-state index in [0.717, 1.165) is 28.2 Å². The van der Waals surface area contributed by atoms with Gasteiger partial charge in [-0.2, -0.15) is 0 Å². The molecule has 2 N–H and O–H groups in total. The van der Waals surface area contributed by atoms with E-state index in [4.69, 9.17) is 11.6 Å². The highest BCUT2D eigenvalue weighted by Gasteiger charge is 2.06. The molecule has 0 saturated heterocycles. The largest absolute Gasteiger partial charge is 0.311 e. The van der Waals surface area contributed by atoms with Gasteiger partial charge in [0.15, 0.2) is 0 Å². The van der Waals surface area contributed by atoms with Gasteiger partial charge in [0.25, 0.3) is 0 Å². The van der Waals surface area contributed by atoms with Gasteiger partial charge < -0.3 is 10.6 Å². The Hall–Kier alpha value is 0.160. The van der Waals surface area contributed by atoms with Crippen molar-refractivity contribution in [2.45, 2.75) is 32.9 Å². The average molecular weight is 367 g/mol. The minimum absolute atomic E-state index is 0.188. The van der Waals surface area contributed by atoms with Gasteiger partial charge in [-0.25, -0.2) is 0 Å². The lowest BCUT2D eigenvalue weighted by molar-refractivity contribution is 0.421. The first kappa shape index (κ1) is 15.2. The van der Waals surface area contributed by atoms with Crippen molar-refractivity contribution in [3.63, 3.8) is 0 Å². The fourth-order valence-electron chi connectivity index (χ4n) is 1.41. The van der Waals surface area contributed by atoms with Gasteiger partial charge in [0, 0.05) is 28.7 Å². The van der Waals surface area contributed by atoms with E-state index >= 15 is 0 Å². The van der Waals surface area contributed by atoms with Gasteiger partial charge in [0.05, 0.1) is 5.02 Å². The normalized spacial score (nSPS) is 11.8. The molecule has 0 amide bonds. The number of nitrogens with one attached hydrogen (secondary N) is 2. The molecule has 0 saturated carbocycles. The van der Waals surface area contributed by atoms with Gasteiger partial charge in [-0.3, -0.25) is 0 Å². The number of benzene rings is 1. The summed E-state index contributed by atoms with van der Waals surface area (Å²) in [5, 5.41) is 7.67.